The molecule has 0 aliphatic carbocycles. The first-order valence-corrected chi connectivity index (χ1v) is 9.35. The number of nitro benzene ring substituents is 1. The number of nitro groups is 1. The zero-order valence-electron chi connectivity index (χ0n) is 15.6. The van der Waals surface area contributed by atoms with E-state index in [2.05, 4.69) is 0 Å². The summed E-state index contributed by atoms with van der Waals surface area (Å²) in [6.45, 7) is 1.71. The molecule has 6 nitrogen and oxygen atoms in total. The minimum Gasteiger partial charge on any atom is -0.290 e. The summed E-state index contributed by atoms with van der Waals surface area (Å²) >= 11 is 6.01. The molecule has 2 aromatic heterocycles. The number of benzene rings is 2. The van der Waals surface area contributed by atoms with Crippen molar-refractivity contribution in [2.45, 2.75) is 13.5 Å². The van der Waals surface area contributed by atoms with Gasteiger partial charge in [0, 0.05) is 33.8 Å². The number of nitrogens with zero attached hydrogens (tertiary/aromatic N) is 3. The van der Waals surface area contributed by atoms with Gasteiger partial charge in [0.1, 0.15) is 6.20 Å². The number of imidazole rings is 1. The fourth-order valence-corrected chi connectivity index (χ4v) is 3.47. The van der Waals surface area contributed by atoms with E-state index >= 15 is 0 Å². The van der Waals surface area contributed by atoms with E-state index in [-0.39, 0.29) is 18.0 Å². The Bertz CT molecular complexity index is 1250. The Balaban J connectivity index is 1.78. The lowest BCUT2D eigenvalue weighted by atomic mass is 10.1. The number of carbonyl (C=O) groups excluding carboxylic acids is 1. The minimum absolute atomic E-state index is 0.0543. The first-order valence-electron chi connectivity index (χ1n) is 8.98. The average molecular weight is 407 g/mol. The Hall–Kier alpha value is -3.51. The third-order valence-corrected chi connectivity index (χ3v) is 5.12. The molecule has 7 heteroatoms. The molecule has 144 valence electrons. The van der Waals surface area contributed by atoms with E-state index in [0.717, 1.165) is 16.9 Å². The van der Waals surface area contributed by atoms with Crippen molar-refractivity contribution in [3.05, 3.63) is 99.3 Å². The maximum absolute atomic E-state index is 13.0. The van der Waals surface area contributed by atoms with Crippen LogP contribution in [0.4, 0.5) is 5.69 Å². The zero-order valence-corrected chi connectivity index (χ0v) is 16.3. The van der Waals surface area contributed by atoms with Crippen molar-refractivity contribution in [3.63, 3.8) is 0 Å². The van der Waals surface area contributed by atoms with Crippen molar-refractivity contribution >= 4 is 28.7 Å². The molecule has 2 aromatic carbocycles. The Labute approximate surface area is 171 Å². The van der Waals surface area contributed by atoms with Gasteiger partial charge in [0.25, 0.3) is 11.3 Å². The fourth-order valence-electron chi connectivity index (χ4n) is 3.34. The van der Waals surface area contributed by atoms with E-state index in [1.807, 2.05) is 51.7 Å². The van der Waals surface area contributed by atoms with Gasteiger partial charge in [-0.25, -0.2) is 8.97 Å². The van der Waals surface area contributed by atoms with Crippen LogP contribution >= 0.6 is 11.6 Å². The van der Waals surface area contributed by atoms with Crippen molar-refractivity contribution in [1.29, 1.82) is 0 Å². The number of pyridine rings is 1. The lowest BCUT2D eigenvalue weighted by Crippen LogP contribution is -2.19. The Morgan fingerprint density at radius 1 is 1.14 bits per heavy atom. The molecule has 0 radical (unpaired) electrons. The molecule has 0 aliphatic rings. The molecule has 4 rings (SSSR count). The molecule has 0 spiro atoms. The molecule has 0 saturated carbocycles. The quantitative estimate of drug-likeness (QED) is 0.210. The monoisotopic (exact) mass is 406 g/mol. The number of aromatic nitrogens is 2. The predicted molar refractivity (Wildman–Crippen MR) is 110 cm³/mol. The van der Waals surface area contributed by atoms with E-state index < -0.39 is 4.92 Å². The summed E-state index contributed by atoms with van der Waals surface area (Å²) < 4.78 is 3.84. The first kappa shape index (κ1) is 18.8. The van der Waals surface area contributed by atoms with Crippen LogP contribution in [0.2, 0.25) is 5.02 Å². The van der Waals surface area contributed by atoms with Crippen LogP contribution in [-0.2, 0) is 6.54 Å². The molecule has 29 heavy (non-hydrogen) atoms. The second-order valence-electron chi connectivity index (χ2n) is 6.76. The van der Waals surface area contributed by atoms with Crippen molar-refractivity contribution in [3.8, 4) is 11.3 Å². The van der Waals surface area contributed by atoms with Gasteiger partial charge in [-0.1, -0.05) is 29.8 Å². The summed E-state index contributed by atoms with van der Waals surface area (Å²) in [6, 6.07) is 17.7. The van der Waals surface area contributed by atoms with Crippen LogP contribution in [0.25, 0.3) is 16.9 Å². The van der Waals surface area contributed by atoms with E-state index in [1.54, 1.807) is 31.2 Å². The fraction of sp³-hybridized carbons (Fsp3) is 0.0909. The summed E-state index contributed by atoms with van der Waals surface area (Å²) in [6.07, 6.45) is 3.86. The molecule has 0 atom stereocenters. The van der Waals surface area contributed by atoms with E-state index in [9.17, 15) is 14.9 Å². The van der Waals surface area contributed by atoms with Crippen LogP contribution < -0.4 is 4.40 Å². The van der Waals surface area contributed by atoms with Gasteiger partial charge in [-0.2, -0.15) is 0 Å². The van der Waals surface area contributed by atoms with E-state index in [4.69, 9.17) is 11.6 Å². The largest absolute Gasteiger partial charge is 0.290 e. The highest BCUT2D eigenvalue weighted by atomic mass is 35.5. The number of hydrogen-bond acceptors (Lipinski definition) is 3. The number of Topliss-reactive ketones (excluding diaryl/α,β-unsaturated/α-hetero) is 1. The summed E-state index contributed by atoms with van der Waals surface area (Å²) in [5.74, 6) is -0.203. The zero-order chi connectivity index (χ0) is 20.5. The number of hydrogen-bond donors (Lipinski definition) is 0. The van der Waals surface area contributed by atoms with Gasteiger partial charge < -0.3 is 0 Å². The summed E-state index contributed by atoms with van der Waals surface area (Å²) in [4.78, 5) is 23.8. The van der Waals surface area contributed by atoms with Crippen molar-refractivity contribution in [2.24, 2.45) is 0 Å². The predicted octanol–water partition coefficient (Wildman–Crippen LogP) is 4.65. The Morgan fingerprint density at radius 2 is 1.90 bits per heavy atom. The first-order chi connectivity index (χ1) is 13.9. The number of ketones is 1. The van der Waals surface area contributed by atoms with Gasteiger partial charge in [0.15, 0.2) is 12.2 Å². The summed E-state index contributed by atoms with van der Waals surface area (Å²) in [5, 5.41) is 11.9. The highest BCUT2D eigenvalue weighted by Crippen LogP contribution is 2.24. The van der Waals surface area contributed by atoms with Gasteiger partial charge >= 0.3 is 0 Å². The van der Waals surface area contributed by atoms with Crippen molar-refractivity contribution in [2.75, 3.05) is 0 Å². The summed E-state index contributed by atoms with van der Waals surface area (Å²) in [5.41, 5.74) is 3.39. The number of halogens is 1. The smallest absolute Gasteiger partial charge is 0.287 e. The molecular weight excluding hydrogens is 390 g/mol. The van der Waals surface area contributed by atoms with E-state index in [1.165, 1.54) is 6.07 Å². The van der Waals surface area contributed by atoms with Gasteiger partial charge in [0.05, 0.1) is 11.1 Å². The number of carbonyl (C=O) groups is 1. The molecule has 0 aliphatic heterocycles. The molecule has 2 heterocycles. The SMILES string of the molecule is Cc1ccc(C(=O)Cn2c(-c3ccc(Cl)cc3)c[n+]3ccccc23)cc1[N+](=O)[O-]. The van der Waals surface area contributed by atoms with Gasteiger partial charge in [0.2, 0.25) is 5.78 Å². The third kappa shape index (κ3) is 3.62. The van der Waals surface area contributed by atoms with Gasteiger partial charge in [-0.3, -0.25) is 14.9 Å². The third-order valence-electron chi connectivity index (χ3n) is 4.87. The standard InChI is InChI=1S/C22H17ClN3O3/c1-15-5-6-17(12-19(15)26(28)29)21(27)14-25-20(16-7-9-18(23)10-8-16)13-24-11-3-2-4-22(24)25/h2-13H,14H2,1H3/q+1. The molecule has 0 bridgehead atoms. The second kappa shape index (κ2) is 7.48. The second-order valence-corrected chi connectivity index (χ2v) is 7.19. The van der Waals surface area contributed by atoms with Crippen LogP contribution in [-0.4, -0.2) is 15.3 Å². The lowest BCUT2D eigenvalue weighted by molar-refractivity contribution is -0.510. The lowest BCUT2D eigenvalue weighted by Gasteiger charge is -2.05. The normalized spacial score (nSPS) is 11.0. The molecule has 0 fully saturated rings. The van der Waals surface area contributed by atoms with Gasteiger partial charge in [-0.15, -0.1) is 0 Å². The van der Waals surface area contributed by atoms with Crippen molar-refractivity contribution < 1.29 is 14.1 Å². The average Bonchev–Trinajstić information content (AvgIpc) is 3.07. The molecular formula is C22H17ClN3O3+. The van der Waals surface area contributed by atoms with Gasteiger partial charge in [-0.05, 0) is 37.3 Å². The highest BCUT2D eigenvalue weighted by Gasteiger charge is 2.23. The van der Waals surface area contributed by atoms with Crippen LogP contribution in [0.15, 0.2) is 73.1 Å². The van der Waals surface area contributed by atoms with Crippen LogP contribution in [0, 0.1) is 17.0 Å². The van der Waals surface area contributed by atoms with Crippen LogP contribution in [0.3, 0.4) is 0 Å². The minimum atomic E-state index is -0.466. The Kier molecular flexibility index (Phi) is 4.86. The Morgan fingerprint density at radius 3 is 2.62 bits per heavy atom. The topological polar surface area (TPSA) is 69.2 Å². The van der Waals surface area contributed by atoms with Crippen LogP contribution in [0.5, 0.6) is 0 Å². The molecule has 0 amide bonds. The number of aryl methyl sites for hydroxylation is 1. The van der Waals surface area contributed by atoms with Crippen molar-refractivity contribution in [1.82, 2.24) is 4.57 Å². The number of rotatable bonds is 5. The van der Waals surface area contributed by atoms with E-state index in [0.29, 0.717) is 16.1 Å². The number of fused-ring (bicyclic) bond motifs is 1. The molecule has 0 N–H and O–H groups in total. The molecule has 4 aromatic rings. The molecule has 0 saturated heterocycles. The van der Waals surface area contributed by atoms with Crippen LogP contribution in [0.1, 0.15) is 15.9 Å². The molecule has 0 unspecified atom stereocenters. The summed E-state index contributed by atoms with van der Waals surface area (Å²) in [7, 11) is 0. The maximum Gasteiger partial charge on any atom is 0.287 e. The maximum atomic E-state index is 13.0. The highest BCUT2D eigenvalue weighted by molar-refractivity contribution is 6.30.